The van der Waals surface area contributed by atoms with E-state index in [4.69, 9.17) is 9.47 Å². The van der Waals surface area contributed by atoms with Gasteiger partial charge in [-0.1, -0.05) is 0 Å². The summed E-state index contributed by atoms with van der Waals surface area (Å²) in [5.74, 6) is 0. The molecule has 1 aliphatic rings. The Morgan fingerprint density at radius 2 is 2.42 bits per heavy atom. The van der Waals surface area contributed by atoms with Crippen molar-refractivity contribution >= 4 is 6.29 Å². The maximum Gasteiger partial charge on any atom is 0.120 e. The fourth-order valence-electron chi connectivity index (χ4n) is 1.65. The zero-order valence-electron chi connectivity index (χ0n) is 7.66. The zero-order valence-corrected chi connectivity index (χ0v) is 7.66. The van der Waals surface area contributed by atoms with Gasteiger partial charge in [0, 0.05) is 20.0 Å². The molecule has 1 unspecified atom stereocenters. The van der Waals surface area contributed by atoms with Crippen LogP contribution < -0.4 is 0 Å². The molecule has 3 heteroatoms. The van der Waals surface area contributed by atoms with Gasteiger partial charge >= 0.3 is 0 Å². The summed E-state index contributed by atoms with van der Waals surface area (Å²) < 4.78 is 10.8. The van der Waals surface area contributed by atoms with Crippen molar-refractivity contribution in [3.63, 3.8) is 0 Å². The fraction of sp³-hybridized carbons (Fsp3) is 0.889. The van der Waals surface area contributed by atoms with Gasteiger partial charge in [-0.3, -0.25) is 0 Å². The van der Waals surface area contributed by atoms with Crippen molar-refractivity contribution in [2.75, 3.05) is 7.11 Å². The Labute approximate surface area is 73.0 Å². The smallest absolute Gasteiger partial charge is 0.120 e. The second-order valence-electron chi connectivity index (χ2n) is 3.24. The van der Waals surface area contributed by atoms with Gasteiger partial charge in [0.15, 0.2) is 0 Å². The van der Waals surface area contributed by atoms with Gasteiger partial charge in [-0.2, -0.15) is 0 Å². The number of ether oxygens (including phenoxy) is 2. The Balaban J connectivity index is 2.35. The third-order valence-electron chi connectivity index (χ3n) is 2.26. The van der Waals surface area contributed by atoms with Gasteiger partial charge < -0.3 is 14.3 Å². The number of rotatable bonds is 4. The van der Waals surface area contributed by atoms with E-state index in [0.717, 1.165) is 19.1 Å². The minimum Gasteiger partial charge on any atom is -0.379 e. The molecule has 1 heterocycles. The predicted octanol–water partition coefficient (Wildman–Crippen LogP) is 1.16. The standard InChI is InChI=1S/C9H16O3/c1-7-6-9(11-2)8(12-7)4-3-5-10/h5,7-9H,3-4,6H2,1-2H3/t7-,8?,9+/m0/s1. The Hall–Kier alpha value is -0.410. The van der Waals surface area contributed by atoms with Gasteiger partial charge in [0.25, 0.3) is 0 Å². The van der Waals surface area contributed by atoms with Gasteiger partial charge in [0.1, 0.15) is 6.29 Å². The summed E-state index contributed by atoms with van der Waals surface area (Å²) in [7, 11) is 1.69. The summed E-state index contributed by atoms with van der Waals surface area (Å²) in [5, 5.41) is 0. The third-order valence-corrected chi connectivity index (χ3v) is 2.26. The molecule has 0 bridgehead atoms. The zero-order chi connectivity index (χ0) is 8.97. The number of methoxy groups -OCH3 is 1. The van der Waals surface area contributed by atoms with Crippen LogP contribution in [0.5, 0.6) is 0 Å². The van der Waals surface area contributed by atoms with Crippen LogP contribution in [0.4, 0.5) is 0 Å². The lowest BCUT2D eigenvalue weighted by Crippen LogP contribution is -2.23. The largest absolute Gasteiger partial charge is 0.379 e. The molecule has 0 aromatic heterocycles. The number of carbonyl (C=O) groups excluding carboxylic acids is 1. The molecule has 0 aromatic carbocycles. The van der Waals surface area contributed by atoms with Gasteiger partial charge in [-0.15, -0.1) is 0 Å². The van der Waals surface area contributed by atoms with E-state index in [-0.39, 0.29) is 18.3 Å². The van der Waals surface area contributed by atoms with E-state index in [1.165, 1.54) is 0 Å². The Bertz CT molecular complexity index is 147. The molecule has 0 amide bonds. The van der Waals surface area contributed by atoms with Gasteiger partial charge in [0.2, 0.25) is 0 Å². The Morgan fingerprint density at radius 1 is 1.67 bits per heavy atom. The van der Waals surface area contributed by atoms with Crippen LogP contribution in [0, 0.1) is 0 Å². The first kappa shape index (κ1) is 9.68. The van der Waals surface area contributed by atoms with Crippen LogP contribution in [0.3, 0.4) is 0 Å². The molecule has 12 heavy (non-hydrogen) atoms. The van der Waals surface area contributed by atoms with Crippen molar-refractivity contribution in [1.82, 2.24) is 0 Å². The van der Waals surface area contributed by atoms with Crippen LogP contribution in [0.25, 0.3) is 0 Å². The molecule has 1 aliphatic heterocycles. The minimum atomic E-state index is 0.121. The van der Waals surface area contributed by atoms with Crippen LogP contribution in [0.15, 0.2) is 0 Å². The molecule has 0 N–H and O–H groups in total. The van der Waals surface area contributed by atoms with Crippen molar-refractivity contribution in [3.05, 3.63) is 0 Å². The van der Waals surface area contributed by atoms with E-state index in [1.54, 1.807) is 7.11 Å². The molecule has 1 fully saturated rings. The lowest BCUT2D eigenvalue weighted by molar-refractivity contribution is -0.108. The van der Waals surface area contributed by atoms with Crippen LogP contribution in [0.1, 0.15) is 26.2 Å². The summed E-state index contributed by atoms with van der Waals surface area (Å²) in [5.41, 5.74) is 0. The number of hydrogen-bond donors (Lipinski definition) is 0. The van der Waals surface area contributed by atoms with Crippen LogP contribution >= 0.6 is 0 Å². The first-order valence-electron chi connectivity index (χ1n) is 4.39. The highest BCUT2D eigenvalue weighted by Crippen LogP contribution is 2.25. The molecule has 3 nitrogen and oxygen atoms in total. The van der Waals surface area contributed by atoms with E-state index in [1.807, 2.05) is 6.92 Å². The highest BCUT2D eigenvalue weighted by atomic mass is 16.6. The summed E-state index contributed by atoms with van der Waals surface area (Å²) in [4.78, 5) is 10.1. The van der Waals surface area contributed by atoms with Crippen molar-refractivity contribution in [2.45, 2.75) is 44.5 Å². The molecule has 0 radical (unpaired) electrons. The normalized spacial score (nSPS) is 35.3. The summed E-state index contributed by atoms with van der Waals surface area (Å²) >= 11 is 0. The SMILES string of the molecule is CO[C@@H]1C[C@H](C)OC1CCC=O. The molecule has 1 saturated heterocycles. The molecule has 0 saturated carbocycles. The Kier molecular flexibility index (Phi) is 3.69. The molecule has 0 aliphatic carbocycles. The second kappa shape index (κ2) is 4.58. The van der Waals surface area contributed by atoms with Crippen molar-refractivity contribution in [2.24, 2.45) is 0 Å². The predicted molar refractivity (Wildman–Crippen MR) is 45.0 cm³/mol. The van der Waals surface area contributed by atoms with E-state index in [9.17, 15) is 4.79 Å². The van der Waals surface area contributed by atoms with E-state index < -0.39 is 0 Å². The molecule has 3 atom stereocenters. The fourth-order valence-corrected chi connectivity index (χ4v) is 1.65. The highest BCUT2D eigenvalue weighted by molar-refractivity contribution is 5.49. The Morgan fingerprint density at radius 3 is 3.00 bits per heavy atom. The molecular weight excluding hydrogens is 156 g/mol. The van der Waals surface area contributed by atoms with Gasteiger partial charge in [-0.25, -0.2) is 0 Å². The topological polar surface area (TPSA) is 35.5 Å². The first-order valence-corrected chi connectivity index (χ1v) is 4.39. The average Bonchev–Trinajstić information content (AvgIpc) is 2.42. The van der Waals surface area contributed by atoms with Crippen molar-refractivity contribution in [3.8, 4) is 0 Å². The monoisotopic (exact) mass is 172 g/mol. The number of hydrogen-bond acceptors (Lipinski definition) is 3. The van der Waals surface area contributed by atoms with Crippen molar-refractivity contribution < 1.29 is 14.3 Å². The maximum atomic E-state index is 10.1. The van der Waals surface area contributed by atoms with Gasteiger partial charge in [0.05, 0.1) is 18.3 Å². The van der Waals surface area contributed by atoms with Crippen molar-refractivity contribution in [1.29, 1.82) is 0 Å². The average molecular weight is 172 g/mol. The minimum absolute atomic E-state index is 0.121. The molecule has 70 valence electrons. The molecule has 0 aromatic rings. The lowest BCUT2D eigenvalue weighted by Gasteiger charge is -2.15. The van der Waals surface area contributed by atoms with Crippen LogP contribution in [-0.4, -0.2) is 31.7 Å². The second-order valence-corrected chi connectivity index (χ2v) is 3.24. The summed E-state index contributed by atoms with van der Waals surface area (Å²) in [6, 6.07) is 0. The number of carbonyl (C=O) groups is 1. The number of aldehydes is 1. The molecule has 0 spiro atoms. The third kappa shape index (κ3) is 2.29. The summed E-state index contributed by atoms with van der Waals surface area (Å²) in [6.07, 6.45) is 3.80. The molecule has 1 rings (SSSR count). The van der Waals surface area contributed by atoms with Gasteiger partial charge in [-0.05, 0) is 13.3 Å². The lowest BCUT2D eigenvalue weighted by atomic mass is 10.1. The maximum absolute atomic E-state index is 10.1. The van der Waals surface area contributed by atoms with E-state index in [2.05, 4.69) is 0 Å². The van der Waals surface area contributed by atoms with Crippen LogP contribution in [-0.2, 0) is 14.3 Å². The quantitative estimate of drug-likeness (QED) is 0.597. The summed E-state index contributed by atoms with van der Waals surface area (Å²) in [6.45, 7) is 2.03. The van der Waals surface area contributed by atoms with E-state index in [0.29, 0.717) is 6.42 Å². The highest BCUT2D eigenvalue weighted by Gasteiger charge is 2.32. The first-order chi connectivity index (χ1) is 5.77. The van der Waals surface area contributed by atoms with Crippen LogP contribution in [0.2, 0.25) is 0 Å². The molecular formula is C9H16O3. The van der Waals surface area contributed by atoms with E-state index >= 15 is 0 Å².